The second kappa shape index (κ2) is 7.07. The first kappa shape index (κ1) is 13.7. The lowest BCUT2D eigenvalue weighted by Gasteiger charge is -2.20. The topological polar surface area (TPSA) is 53.1 Å². The normalized spacial score (nSPS) is 10.8. The van der Waals surface area contributed by atoms with Crippen molar-refractivity contribution in [3.8, 4) is 0 Å². The average Bonchev–Trinajstić information content (AvgIpc) is 2.35. The molecule has 0 bridgehead atoms. The minimum Gasteiger partial charge on any atom is -0.384 e. The van der Waals surface area contributed by atoms with Crippen LogP contribution in [-0.2, 0) is 6.54 Å². The third kappa shape index (κ3) is 4.57. The molecule has 0 radical (unpaired) electrons. The zero-order chi connectivity index (χ0) is 12.7. The van der Waals surface area contributed by atoms with Crippen LogP contribution >= 0.6 is 0 Å². The van der Waals surface area contributed by atoms with Gasteiger partial charge in [0.2, 0.25) is 0 Å². The summed E-state index contributed by atoms with van der Waals surface area (Å²) in [7, 11) is 0. The number of nitrogens with one attached hydrogen (secondary N) is 1. The van der Waals surface area contributed by atoms with E-state index in [2.05, 4.69) is 30.9 Å². The molecule has 0 aliphatic heterocycles. The van der Waals surface area contributed by atoms with Crippen LogP contribution in [0.4, 0.5) is 0 Å². The van der Waals surface area contributed by atoms with Gasteiger partial charge in [-0.15, -0.1) is 0 Å². The molecule has 0 spiro atoms. The standard InChI is InChI=1S/C14H23N3/c1-3-5-10-17(4-2)11-12-6-8-13(9-7-12)14(15)16/h6-9H,3-5,10-11H2,1-2H3,(H3,15,16). The molecular weight excluding hydrogens is 210 g/mol. The smallest absolute Gasteiger partial charge is 0.122 e. The predicted octanol–water partition coefficient (Wildman–Crippen LogP) is 2.59. The molecule has 0 saturated heterocycles. The molecule has 0 aliphatic carbocycles. The van der Waals surface area contributed by atoms with E-state index in [1.165, 1.54) is 18.4 Å². The summed E-state index contributed by atoms with van der Waals surface area (Å²) in [4.78, 5) is 2.44. The first-order valence-electron chi connectivity index (χ1n) is 6.33. The van der Waals surface area contributed by atoms with Crippen molar-refractivity contribution in [2.24, 2.45) is 5.73 Å². The number of nitrogens with two attached hydrogens (primary N) is 1. The minimum absolute atomic E-state index is 0.134. The molecule has 0 aromatic heterocycles. The molecule has 0 aliphatic rings. The fraction of sp³-hybridized carbons (Fsp3) is 0.500. The zero-order valence-corrected chi connectivity index (χ0v) is 10.9. The van der Waals surface area contributed by atoms with Crippen molar-refractivity contribution in [3.63, 3.8) is 0 Å². The van der Waals surface area contributed by atoms with Gasteiger partial charge in [-0.25, -0.2) is 0 Å². The highest BCUT2D eigenvalue weighted by atomic mass is 15.1. The van der Waals surface area contributed by atoms with E-state index in [1.54, 1.807) is 0 Å². The Morgan fingerprint density at radius 1 is 1.24 bits per heavy atom. The predicted molar refractivity (Wildman–Crippen MR) is 73.3 cm³/mol. The van der Waals surface area contributed by atoms with E-state index in [0.717, 1.165) is 25.2 Å². The first-order valence-corrected chi connectivity index (χ1v) is 6.33. The highest BCUT2D eigenvalue weighted by molar-refractivity contribution is 5.94. The van der Waals surface area contributed by atoms with Gasteiger partial charge in [0.15, 0.2) is 0 Å². The molecule has 3 nitrogen and oxygen atoms in total. The van der Waals surface area contributed by atoms with Gasteiger partial charge in [-0.3, -0.25) is 10.3 Å². The maximum Gasteiger partial charge on any atom is 0.122 e. The van der Waals surface area contributed by atoms with Crippen LogP contribution in [-0.4, -0.2) is 23.8 Å². The number of nitrogen functional groups attached to an aromatic ring is 1. The number of unbranched alkanes of at least 4 members (excludes halogenated alkanes) is 1. The van der Waals surface area contributed by atoms with Gasteiger partial charge in [0, 0.05) is 12.1 Å². The minimum atomic E-state index is 0.134. The number of amidine groups is 1. The van der Waals surface area contributed by atoms with Crippen LogP contribution in [0.15, 0.2) is 24.3 Å². The van der Waals surface area contributed by atoms with Crippen molar-refractivity contribution in [3.05, 3.63) is 35.4 Å². The Morgan fingerprint density at radius 3 is 2.35 bits per heavy atom. The van der Waals surface area contributed by atoms with Gasteiger partial charge in [-0.1, -0.05) is 44.5 Å². The van der Waals surface area contributed by atoms with Crippen LogP contribution in [0.25, 0.3) is 0 Å². The van der Waals surface area contributed by atoms with E-state index in [0.29, 0.717) is 0 Å². The largest absolute Gasteiger partial charge is 0.384 e. The Balaban J connectivity index is 2.57. The maximum absolute atomic E-state index is 7.34. The van der Waals surface area contributed by atoms with Crippen LogP contribution in [0.2, 0.25) is 0 Å². The van der Waals surface area contributed by atoms with Crippen molar-refractivity contribution < 1.29 is 0 Å². The van der Waals surface area contributed by atoms with Gasteiger partial charge in [-0.2, -0.15) is 0 Å². The molecule has 3 heteroatoms. The van der Waals surface area contributed by atoms with Crippen LogP contribution < -0.4 is 5.73 Å². The molecule has 0 atom stereocenters. The van der Waals surface area contributed by atoms with Crippen molar-refractivity contribution in [2.75, 3.05) is 13.1 Å². The van der Waals surface area contributed by atoms with Crippen LogP contribution in [0, 0.1) is 5.41 Å². The molecule has 0 amide bonds. The third-order valence-electron chi connectivity index (χ3n) is 2.95. The summed E-state index contributed by atoms with van der Waals surface area (Å²) in [5.74, 6) is 0.134. The molecular formula is C14H23N3. The summed E-state index contributed by atoms with van der Waals surface area (Å²) in [5, 5.41) is 7.34. The van der Waals surface area contributed by atoms with Crippen LogP contribution in [0.5, 0.6) is 0 Å². The number of hydrogen-bond donors (Lipinski definition) is 2. The number of benzene rings is 1. The summed E-state index contributed by atoms with van der Waals surface area (Å²) < 4.78 is 0. The fourth-order valence-corrected chi connectivity index (χ4v) is 1.78. The van der Waals surface area contributed by atoms with Crippen LogP contribution in [0.3, 0.4) is 0 Å². The summed E-state index contributed by atoms with van der Waals surface area (Å²) in [6, 6.07) is 7.97. The molecule has 0 fully saturated rings. The summed E-state index contributed by atoms with van der Waals surface area (Å²) in [6.07, 6.45) is 2.49. The van der Waals surface area contributed by atoms with Gasteiger partial charge in [0.1, 0.15) is 5.84 Å². The molecule has 0 unspecified atom stereocenters. The highest BCUT2D eigenvalue weighted by Gasteiger charge is 2.03. The van der Waals surface area contributed by atoms with Crippen LogP contribution in [0.1, 0.15) is 37.8 Å². The molecule has 0 heterocycles. The number of rotatable bonds is 7. The molecule has 17 heavy (non-hydrogen) atoms. The van der Waals surface area contributed by atoms with Crippen molar-refractivity contribution >= 4 is 5.84 Å². The molecule has 1 aromatic rings. The second-order valence-electron chi connectivity index (χ2n) is 4.33. The Morgan fingerprint density at radius 2 is 1.88 bits per heavy atom. The van der Waals surface area contributed by atoms with Gasteiger partial charge >= 0.3 is 0 Å². The summed E-state index contributed by atoms with van der Waals surface area (Å²) in [5.41, 5.74) is 7.51. The highest BCUT2D eigenvalue weighted by Crippen LogP contribution is 2.08. The lowest BCUT2D eigenvalue weighted by molar-refractivity contribution is 0.275. The van der Waals surface area contributed by atoms with E-state index < -0.39 is 0 Å². The Bertz CT molecular complexity index is 343. The van der Waals surface area contributed by atoms with Crippen molar-refractivity contribution in [2.45, 2.75) is 33.2 Å². The average molecular weight is 233 g/mol. The maximum atomic E-state index is 7.34. The fourth-order valence-electron chi connectivity index (χ4n) is 1.78. The van der Waals surface area contributed by atoms with E-state index in [9.17, 15) is 0 Å². The lowest BCUT2D eigenvalue weighted by atomic mass is 10.1. The number of hydrogen-bond acceptors (Lipinski definition) is 2. The Hall–Kier alpha value is -1.35. The molecule has 3 N–H and O–H groups in total. The Labute approximate surface area is 104 Å². The number of nitrogens with zero attached hydrogens (tertiary/aromatic N) is 1. The molecule has 1 rings (SSSR count). The van der Waals surface area contributed by atoms with Gasteiger partial charge in [0.25, 0.3) is 0 Å². The zero-order valence-electron chi connectivity index (χ0n) is 10.9. The summed E-state index contributed by atoms with van der Waals surface area (Å²) in [6.45, 7) is 7.62. The van der Waals surface area contributed by atoms with E-state index in [-0.39, 0.29) is 5.84 Å². The van der Waals surface area contributed by atoms with E-state index in [1.807, 2.05) is 12.1 Å². The monoisotopic (exact) mass is 233 g/mol. The van der Waals surface area contributed by atoms with Gasteiger partial charge in [0.05, 0.1) is 0 Å². The summed E-state index contributed by atoms with van der Waals surface area (Å²) >= 11 is 0. The van der Waals surface area contributed by atoms with Gasteiger partial charge < -0.3 is 5.73 Å². The van der Waals surface area contributed by atoms with E-state index >= 15 is 0 Å². The third-order valence-corrected chi connectivity index (χ3v) is 2.95. The molecule has 0 saturated carbocycles. The quantitative estimate of drug-likeness (QED) is 0.562. The molecule has 1 aromatic carbocycles. The lowest BCUT2D eigenvalue weighted by Crippen LogP contribution is -2.24. The second-order valence-corrected chi connectivity index (χ2v) is 4.33. The van der Waals surface area contributed by atoms with Crippen molar-refractivity contribution in [1.29, 1.82) is 5.41 Å². The van der Waals surface area contributed by atoms with Gasteiger partial charge in [-0.05, 0) is 25.1 Å². The Kier molecular flexibility index (Phi) is 5.70. The van der Waals surface area contributed by atoms with E-state index in [4.69, 9.17) is 11.1 Å². The SMILES string of the molecule is CCCCN(CC)Cc1ccc(C(=N)N)cc1. The molecule has 94 valence electrons. The van der Waals surface area contributed by atoms with Crippen molar-refractivity contribution in [1.82, 2.24) is 4.90 Å². The first-order chi connectivity index (χ1) is 8.17.